The van der Waals surface area contributed by atoms with E-state index in [4.69, 9.17) is 5.11 Å². The summed E-state index contributed by atoms with van der Waals surface area (Å²) >= 11 is 0. The Morgan fingerprint density at radius 3 is 2.12 bits per heavy atom. The summed E-state index contributed by atoms with van der Waals surface area (Å²) in [7, 11) is 0. The lowest BCUT2D eigenvalue weighted by Gasteiger charge is -2.23. The molecule has 2 N–H and O–H groups in total. The van der Waals surface area contributed by atoms with Gasteiger partial charge in [0.25, 0.3) is 0 Å². The van der Waals surface area contributed by atoms with Crippen molar-refractivity contribution in [3.8, 4) is 0 Å². The second-order valence-electron chi connectivity index (χ2n) is 4.86. The van der Waals surface area contributed by atoms with Crippen molar-refractivity contribution in [3.05, 3.63) is 35.4 Å². The fourth-order valence-electron chi connectivity index (χ4n) is 1.77. The summed E-state index contributed by atoms with van der Waals surface area (Å²) in [4.78, 5) is 11.1. The normalized spacial score (nSPS) is 14.6. The molecule has 94 valence electrons. The molecule has 17 heavy (non-hydrogen) atoms. The Morgan fingerprint density at radius 1 is 1.18 bits per heavy atom. The van der Waals surface area contributed by atoms with E-state index in [1.54, 1.807) is 0 Å². The maximum absolute atomic E-state index is 11.1. The van der Waals surface area contributed by atoms with Crippen LogP contribution in [-0.4, -0.2) is 17.1 Å². The average molecular weight is 235 g/mol. The Balaban J connectivity index is 2.73. The first kappa shape index (κ1) is 13.7. The quantitative estimate of drug-likeness (QED) is 0.825. The molecule has 1 aromatic carbocycles. The second-order valence-corrected chi connectivity index (χ2v) is 4.86. The molecule has 0 aliphatic heterocycles. The summed E-state index contributed by atoms with van der Waals surface area (Å²) in [5, 5.41) is 12.3. The molecule has 1 aromatic rings. The van der Waals surface area contributed by atoms with Crippen LogP contribution in [0.3, 0.4) is 0 Å². The van der Waals surface area contributed by atoms with Crippen LogP contribution in [0.15, 0.2) is 24.3 Å². The first-order valence-corrected chi connectivity index (χ1v) is 5.97. The van der Waals surface area contributed by atoms with E-state index in [-0.39, 0.29) is 12.0 Å². The number of aliphatic carboxylic acids is 1. The maximum atomic E-state index is 11.1. The molecular weight excluding hydrogens is 214 g/mol. The average Bonchev–Trinajstić information content (AvgIpc) is 2.25. The van der Waals surface area contributed by atoms with Gasteiger partial charge in [0.15, 0.2) is 0 Å². The van der Waals surface area contributed by atoms with Crippen molar-refractivity contribution in [1.29, 1.82) is 0 Å². The minimum Gasteiger partial charge on any atom is -0.480 e. The molecule has 0 radical (unpaired) electrons. The first-order valence-electron chi connectivity index (χ1n) is 5.97. The SMILES string of the molecule is Cc1ccc([C@@H](C)NC(C(=O)O)C(C)C)cc1. The zero-order valence-electron chi connectivity index (χ0n) is 10.9. The molecule has 3 nitrogen and oxygen atoms in total. The third-order valence-corrected chi connectivity index (χ3v) is 2.94. The molecule has 0 aromatic heterocycles. The number of rotatable bonds is 5. The molecule has 0 fully saturated rings. The van der Waals surface area contributed by atoms with Crippen LogP contribution in [0.4, 0.5) is 0 Å². The number of hydrogen-bond donors (Lipinski definition) is 2. The molecule has 0 saturated heterocycles. The van der Waals surface area contributed by atoms with Gasteiger partial charge in [-0.1, -0.05) is 43.7 Å². The predicted octanol–water partition coefficient (Wildman–Crippen LogP) is 2.75. The van der Waals surface area contributed by atoms with Crippen molar-refractivity contribution >= 4 is 5.97 Å². The van der Waals surface area contributed by atoms with Crippen LogP contribution >= 0.6 is 0 Å². The summed E-state index contributed by atoms with van der Waals surface area (Å²) in [6.45, 7) is 7.85. The largest absolute Gasteiger partial charge is 0.480 e. The van der Waals surface area contributed by atoms with E-state index in [9.17, 15) is 4.79 Å². The molecule has 0 aliphatic carbocycles. The van der Waals surface area contributed by atoms with Crippen molar-refractivity contribution in [2.75, 3.05) is 0 Å². The third-order valence-electron chi connectivity index (χ3n) is 2.94. The van der Waals surface area contributed by atoms with Crippen LogP contribution in [0.1, 0.15) is 37.9 Å². The summed E-state index contributed by atoms with van der Waals surface area (Å²) in [6.07, 6.45) is 0. The molecule has 0 spiro atoms. The van der Waals surface area contributed by atoms with E-state index < -0.39 is 12.0 Å². The number of carbonyl (C=O) groups is 1. The van der Waals surface area contributed by atoms with Gasteiger partial charge in [0.05, 0.1) is 0 Å². The van der Waals surface area contributed by atoms with Crippen LogP contribution in [0, 0.1) is 12.8 Å². The Labute approximate surface area is 103 Å². The number of aryl methyl sites for hydroxylation is 1. The van der Waals surface area contributed by atoms with E-state index in [1.807, 2.05) is 52.0 Å². The van der Waals surface area contributed by atoms with Crippen LogP contribution in [0.5, 0.6) is 0 Å². The van der Waals surface area contributed by atoms with E-state index >= 15 is 0 Å². The number of carboxylic acid groups (broad SMARTS) is 1. The lowest BCUT2D eigenvalue weighted by atomic mass is 10.0. The molecule has 2 atom stereocenters. The Kier molecular flexibility index (Phi) is 4.70. The Bertz CT molecular complexity index is 370. The summed E-state index contributed by atoms with van der Waals surface area (Å²) in [6, 6.07) is 7.68. The van der Waals surface area contributed by atoms with Gasteiger partial charge in [0.1, 0.15) is 6.04 Å². The highest BCUT2D eigenvalue weighted by Gasteiger charge is 2.23. The molecule has 0 aliphatic rings. The van der Waals surface area contributed by atoms with Gasteiger partial charge in [-0.15, -0.1) is 0 Å². The topological polar surface area (TPSA) is 49.3 Å². The lowest BCUT2D eigenvalue weighted by Crippen LogP contribution is -2.42. The van der Waals surface area contributed by atoms with Gasteiger partial charge in [0, 0.05) is 6.04 Å². The van der Waals surface area contributed by atoms with Crippen LogP contribution < -0.4 is 5.32 Å². The van der Waals surface area contributed by atoms with Gasteiger partial charge < -0.3 is 5.11 Å². The molecule has 1 rings (SSSR count). The number of benzene rings is 1. The highest BCUT2D eigenvalue weighted by atomic mass is 16.4. The van der Waals surface area contributed by atoms with Crippen LogP contribution in [-0.2, 0) is 4.79 Å². The predicted molar refractivity (Wildman–Crippen MR) is 69.0 cm³/mol. The summed E-state index contributed by atoms with van der Waals surface area (Å²) < 4.78 is 0. The second kappa shape index (κ2) is 5.82. The van der Waals surface area contributed by atoms with Crippen molar-refractivity contribution in [3.63, 3.8) is 0 Å². The molecule has 0 bridgehead atoms. The fourth-order valence-corrected chi connectivity index (χ4v) is 1.77. The van der Waals surface area contributed by atoms with E-state index in [2.05, 4.69) is 5.32 Å². The minimum atomic E-state index is -0.793. The van der Waals surface area contributed by atoms with E-state index in [0.717, 1.165) is 5.56 Å². The zero-order chi connectivity index (χ0) is 13.0. The smallest absolute Gasteiger partial charge is 0.320 e. The molecule has 1 unspecified atom stereocenters. The highest BCUT2D eigenvalue weighted by molar-refractivity contribution is 5.73. The van der Waals surface area contributed by atoms with Gasteiger partial charge in [-0.05, 0) is 25.3 Å². The Morgan fingerprint density at radius 2 is 1.71 bits per heavy atom. The standard InChI is InChI=1S/C14H21NO2/c1-9(2)13(14(16)17)15-11(4)12-7-5-10(3)6-8-12/h5-9,11,13,15H,1-4H3,(H,16,17)/t11-,13?/m1/s1. The number of carboxylic acids is 1. The van der Waals surface area contributed by atoms with Gasteiger partial charge in [-0.2, -0.15) is 0 Å². The zero-order valence-corrected chi connectivity index (χ0v) is 10.9. The molecule has 0 saturated carbocycles. The number of nitrogens with one attached hydrogen (secondary N) is 1. The van der Waals surface area contributed by atoms with Crippen LogP contribution in [0.25, 0.3) is 0 Å². The summed E-state index contributed by atoms with van der Waals surface area (Å²) in [5.41, 5.74) is 2.32. The molecule has 3 heteroatoms. The van der Waals surface area contributed by atoms with Gasteiger partial charge in [-0.25, -0.2) is 0 Å². The lowest BCUT2D eigenvalue weighted by molar-refractivity contribution is -0.140. The van der Waals surface area contributed by atoms with E-state index in [1.165, 1.54) is 5.56 Å². The van der Waals surface area contributed by atoms with E-state index in [0.29, 0.717) is 0 Å². The molecular formula is C14H21NO2. The Hall–Kier alpha value is -1.35. The first-order chi connectivity index (χ1) is 7.91. The minimum absolute atomic E-state index is 0.0408. The van der Waals surface area contributed by atoms with Gasteiger partial charge in [-0.3, -0.25) is 10.1 Å². The summed E-state index contributed by atoms with van der Waals surface area (Å²) in [5.74, 6) is -0.723. The highest BCUT2D eigenvalue weighted by Crippen LogP contribution is 2.15. The molecule has 0 heterocycles. The van der Waals surface area contributed by atoms with Gasteiger partial charge in [0.2, 0.25) is 0 Å². The fraction of sp³-hybridized carbons (Fsp3) is 0.500. The van der Waals surface area contributed by atoms with Crippen molar-refractivity contribution in [2.24, 2.45) is 5.92 Å². The number of hydrogen-bond acceptors (Lipinski definition) is 2. The van der Waals surface area contributed by atoms with Crippen molar-refractivity contribution < 1.29 is 9.90 Å². The monoisotopic (exact) mass is 235 g/mol. The molecule has 0 amide bonds. The van der Waals surface area contributed by atoms with Crippen molar-refractivity contribution in [2.45, 2.75) is 39.8 Å². The van der Waals surface area contributed by atoms with Crippen LogP contribution in [0.2, 0.25) is 0 Å². The third kappa shape index (κ3) is 3.86. The maximum Gasteiger partial charge on any atom is 0.320 e. The van der Waals surface area contributed by atoms with Crippen molar-refractivity contribution in [1.82, 2.24) is 5.32 Å². The van der Waals surface area contributed by atoms with Gasteiger partial charge >= 0.3 is 5.97 Å².